The molecular formula is C13H20N2O5S. The average Bonchev–Trinajstić information content (AvgIpc) is 2.82. The lowest BCUT2D eigenvalue weighted by Gasteiger charge is -2.31. The third-order valence-electron chi connectivity index (χ3n) is 3.73. The fourth-order valence-electron chi connectivity index (χ4n) is 2.49. The molecule has 21 heavy (non-hydrogen) atoms. The monoisotopic (exact) mass is 316 g/mol. The van der Waals surface area contributed by atoms with Crippen molar-refractivity contribution in [3.63, 3.8) is 0 Å². The van der Waals surface area contributed by atoms with Gasteiger partial charge in [0.1, 0.15) is 10.7 Å². The maximum atomic E-state index is 12.3. The number of sulfonamides is 1. The normalized spacial score (nSPS) is 18.0. The summed E-state index contributed by atoms with van der Waals surface area (Å²) in [5, 5.41) is 8.85. The Morgan fingerprint density at radius 1 is 1.48 bits per heavy atom. The van der Waals surface area contributed by atoms with E-state index in [0.717, 1.165) is 38.5 Å². The molecule has 1 saturated heterocycles. The SMILES string of the molecule is CCN1CCC(NS(=O)(=O)c2cc(C(=O)O)oc2C)CC1. The number of nitrogens with zero attached hydrogens (tertiary/aromatic N) is 1. The zero-order valence-corrected chi connectivity index (χ0v) is 12.9. The van der Waals surface area contributed by atoms with Crippen LogP contribution in [0.1, 0.15) is 36.1 Å². The van der Waals surface area contributed by atoms with E-state index < -0.39 is 16.0 Å². The molecule has 2 heterocycles. The summed E-state index contributed by atoms with van der Waals surface area (Å²) in [6, 6.07) is 0.932. The molecule has 0 amide bonds. The zero-order valence-electron chi connectivity index (χ0n) is 12.1. The van der Waals surface area contributed by atoms with Gasteiger partial charge in [0.25, 0.3) is 0 Å². The molecule has 7 nitrogen and oxygen atoms in total. The number of aryl methyl sites for hydroxylation is 1. The molecule has 8 heteroatoms. The summed E-state index contributed by atoms with van der Waals surface area (Å²) < 4.78 is 32.3. The summed E-state index contributed by atoms with van der Waals surface area (Å²) >= 11 is 0. The van der Waals surface area contributed by atoms with E-state index in [0.29, 0.717) is 0 Å². The second-order valence-electron chi connectivity index (χ2n) is 5.17. The summed E-state index contributed by atoms with van der Waals surface area (Å²) in [7, 11) is -3.75. The molecule has 1 fully saturated rings. The van der Waals surface area contributed by atoms with E-state index in [1.165, 1.54) is 6.92 Å². The first-order valence-corrected chi connectivity index (χ1v) is 8.40. The number of hydrogen-bond acceptors (Lipinski definition) is 5. The summed E-state index contributed by atoms with van der Waals surface area (Å²) in [5.74, 6) is -1.56. The molecule has 0 bridgehead atoms. The van der Waals surface area contributed by atoms with Gasteiger partial charge in [-0.1, -0.05) is 6.92 Å². The molecule has 1 aliphatic heterocycles. The van der Waals surface area contributed by atoms with Crippen LogP contribution in [0, 0.1) is 6.92 Å². The molecule has 1 aromatic heterocycles. The first-order chi connectivity index (χ1) is 9.83. The Bertz CT molecular complexity index is 615. The molecule has 2 rings (SSSR count). The van der Waals surface area contributed by atoms with Crippen molar-refractivity contribution in [1.29, 1.82) is 0 Å². The lowest BCUT2D eigenvalue weighted by molar-refractivity contribution is 0.0661. The van der Waals surface area contributed by atoms with Gasteiger partial charge in [0.2, 0.25) is 15.8 Å². The van der Waals surface area contributed by atoms with E-state index in [-0.39, 0.29) is 22.5 Å². The van der Waals surface area contributed by atoms with Crippen LogP contribution in [0.2, 0.25) is 0 Å². The Morgan fingerprint density at radius 2 is 2.10 bits per heavy atom. The molecule has 0 radical (unpaired) electrons. The number of nitrogens with one attached hydrogen (secondary N) is 1. The lowest BCUT2D eigenvalue weighted by Crippen LogP contribution is -2.44. The van der Waals surface area contributed by atoms with Gasteiger partial charge in [-0.3, -0.25) is 0 Å². The summed E-state index contributed by atoms with van der Waals surface area (Å²) in [6.45, 7) is 6.19. The van der Waals surface area contributed by atoms with Gasteiger partial charge in [-0.25, -0.2) is 17.9 Å². The van der Waals surface area contributed by atoms with Crippen LogP contribution in [0.4, 0.5) is 0 Å². The number of likely N-dealkylation sites (tertiary alicyclic amines) is 1. The zero-order chi connectivity index (χ0) is 15.6. The third-order valence-corrected chi connectivity index (χ3v) is 5.36. The predicted molar refractivity (Wildman–Crippen MR) is 75.9 cm³/mol. The minimum Gasteiger partial charge on any atom is -0.475 e. The largest absolute Gasteiger partial charge is 0.475 e. The molecular weight excluding hydrogens is 296 g/mol. The van der Waals surface area contributed by atoms with E-state index in [2.05, 4.69) is 16.5 Å². The average molecular weight is 316 g/mol. The number of hydrogen-bond donors (Lipinski definition) is 2. The Labute approximate surface area is 124 Å². The van der Waals surface area contributed by atoms with Gasteiger partial charge in [0, 0.05) is 12.1 Å². The van der Waals surface area contributed by atoms with Crippen LogP contribution in [0.25, 0.3) is 0 Å². The molecule has 0 saturated carbocycles. The minimum atomic E-state index is -3.75. The predicted octanol–water partition coefficient (Wildman–Crippen LogP) is 1.05. The van der Waals surface area contributed by atoms with Crippen molar-refractivity contribution in [3.8, 4) is 0 Å². The van der Waals surface area contributed by atoms with E-state index in [4.69, 9.17) is 9.52 Å². The number of aromatic carboxylic acids is 1. The maximum absolute atomic E-state index is 12.3. The van der Waals surface area contributed by atoms with E-state index >= 15 is 0 Å². The van der Waals surface area contributed by atoms with Crippen molar-refractivity contribution in [2.45, 2.75) is 37.6 Å². The van der Waals surface area contributed by atoms with Crippen LogP contribution in [0.3, 0.4) is 0 Å². The van der Waals surface area contributed by atoms with Gasteiger partial charge in [-0.2, -0.15) is 0 Å². The van der Waals surface area contributed by atoms with Crippen molar-refractivity contribution in [2.24, 2.45) is 0 Å². The summed E-state index contributed by atoms with van der Waals surface area (Å²) in [4.78, 5) is 13.0. The highest BCUT2D eigenvalue weighted by Gasteiger charge is 2.28. The minimum absolute atomic E-state index is 0.0888. The third kappa shape index (κ3) is 3.63. The lowest BCUT2D eigenvalue weighted by atomic mass is 10.1. The van der Waals surface area contributed by atoms with Gasteiger partial charge in [-0.15, -0.1) is 0 Å². The first kappa shape index (κ1) is 16.0. The van der Waals surface area contributed by atoms with Crippen LogP contribution >= 0.6 is 0 Å². The number of rotatable bonds is 5. The van der Waals surface area contributed by atoms with Crippen LogP contribution in [-0.2, 0) is 10.0 Å². The highest BCUT2D eigenvalue weighted by atomic mass is 32.2. The maximum Gasteiger partial charge on any atom is 0.371 e. The highest BCUT2D eigenvalue weighted by Crippen LogP contribution is 2.21. The standard InChI is InChI=1S/C13H20N2O5S/c1-3-15-6-4-10(5-7-15)14-21(18,19)12-8-11(13(16)17)20-9(12)2/h8,10,14H,3-7H2,1-2H3,(H,16,17). The Balaban J connectivity index is 2.10. The summed E-state index contributed by atoms with van der Waals surface area (Å²) in [5.41, 5.74) is 0. The van der Waals surface area contributed by atoms with Gasteiger partial charge < -0.3 is 14.4 Å². The molecule has 2 N–H and O–H groups in total. The Hall–Kier alpha value is -1.38. The quantitative estimate of drug-likeness (QED) is 0.842. The van der Waals surface area contributed by atoms with Crippen molar-refractivity contribution in [3.05, 3.63) is 17.6 Å². The van der Waals surface area contributed by atoms with Gasteiger partial charge in [0.05, 0.1) is 0 Å². The second kappa shape index (κ2) is 6.17. The Morgan fingerprint density at radius 3 is 2.57 bits per heavy atom. The first-order valence-electron chi connectivity index (χ1n) is 6.92. The summed E-state index contributed by atoms with van der Waals surface area (Å²) in [6.07, 6.45) is 1.49. The fourth-order valence-corrected chi connectivity index (χ4v) is 3.97. The topological polar surface area (TPSA) is 99.9 Å². The number of furan rings is 1. The number of piperidine rings is 1. The molecule has 0 atom stereocenters. The van der Waals surface area contributed by atoms with Crippen LogP contribution in [0.15, 0.2) is 15.4 Å². The molecule has 118 valence electrons. The molecule has 0 aromatic carbocycles. The number of carboxylic acids is 1. The van der Waals surface area contributed by atoms with E-state index in [1.54, 1.807) is 0 Å². The van der Waals surface area contributed by atoms with Gasteiger partial charge in [-0.05, 0) is 39.4 Å². The number of carboxylic acid groups (broad SMARTS) is 1. The van der Waals surface area contributed by atoms with Crippen molar-refractivity contribution >= 4 is 16.0 Å². The highest BCUT2D eigenvalue weighted by molar-refractivity contribution is 7.89. The van der Waals surface area contributed by atoms with Crippen LogP contribution in [0.5, 0.6) is 0 Å². The van der Waals surface area contributed by atoms with Crippen molar-refractivity contribution < 1.29 is 22.7 Å². The smallest absolute Gasteiger partial charge is 0.371 e. The van der Waals surface area contributed by atoms with Crippen molar-refractivity contribution in [2.75, 3.05) is 19.6 Å². The van der Waals surface area contributed by atoms with Gasteiger partial charge in [0.15, 0.2) is 0 Å². The van der Waals surface area contributed by atoms with E-state index in [9.17, 15) is 13.2 Å². The number of carbonyl (C=O) groups is 1. The molecule has 1 aliphatic rings. The van der Waals surface area contributed by atoms with E-state index in [1.807, 2.05) is 0 Å². The Kier molecular flexibility index (Phi) is 4.70. The fraction of sp³-hybridized carbons (Fsp3) is 0.615. The van der Waals surface area contributed by atoms with Crippen LogP contribution in [-0.4, -0.2) is 50.1 Å². The molecule has 1 aromatic rings. The second-order valence-corrected chi connectivity index (χ2v) is 6.85. The van der Waals surface area contributed by atoms with Crippen molar-refractivity contribution in [1.82, 2.24) is 9.62 Å². The van der Waals surface area contributed by atoms with Crippen LogP contribution < -0.4 is 4.72 Å². The molecule has 0 aliphatic carbocycles. The molecule has 0 spiro atoms. The molecule has 0 unspecified atom stereocenters. The van der Waals surface area contributed by atoms with Gasteiger partial charge >= 0.3 is 5.97 Å².